The molecule has 2 aliphatic heterocycles. The van der Waals surface area contributed by atoms with Crippen molar-refractivity contribution in [2.45, 2.75) is 27.5 Å². The molecule has 2 aliphatic rings. The zero-order valence-electron chi connectivity index (χ0n) is 22.7. The molecular formula is C25H24N8O8S3. The molecular weight excluding hydrogens is 637 g/mol. The van der Waals surface area contributed by atoms with E-state index in [1.165, 1.54) is 16.8 Å². The Kier molecular flexibility index (Phi) is 8.49. The SMILES string of the molecule is Cn1nnnc1SCC1=C(C(=O)O)N2C(=O)C(N(C(=O)c3cc(S(N)(=O)=O)ccc3O)C(=O)[C@H](N)c3ccccc3)[C@H]2SC1. The van der Waals surface area contributed by atoms with E-state index in [1.54, 1.807) is 25.2 Å². The number of carbonyl (C=O) groups excluding carboxylic acids is 3. The number of phenols is 1. The Morgan fingerprint density at radius 3 is 2.52 bits per heavy atom. The molecule has 3 heterocycles. The molecule has 3 amide bonds. The van der Waals surface area contributed by atoms with E-state index in [0.717, 1.165) is 46.6 Å². The largest absolute Gasteiger partial charge is 0.507 e. The van der Waals surface area contributed by atoms with E-state index >= 15 is 0 Å². The molecule has 6 N–H and O–H groups in total. The minimum absolute atomic E-state index is 0.123. The number of phenolic OH excluding ortho intramolecular Hbond substituents is 1. The standard InChI is InChI=1S/C25H24N8O8S3/c1-31-25(28-29-30-31)43-11-13-10-42-23-19(22(37)33(23)18(13)24(38)39)32(21(36)17(26)12-5-3-2-4-6-12)20(35)15-9-14(44(27,40)41)7-8-16(15)34/h2-9,17,19,23,34H,10-11,26H2,1H3,(H,38,39)(H2,27,40,41)/t17-,19?,23-/m1/s1. The maximum Gasteiger partial charge on any atom is 0.352 e. The number of primary sulfonamides is 1. The van der Waals surface area contributed by atoms with Gasteiger partial charge in [-0.1, -0.05) is 42.1 Å². The first kappa shape index (κ1) is 31.1. The fraction of sp³-hybridized carbons (Fsp3) is 0.240. The second-order valence-corrected chi connectivity index (χ2v) is 13.2. The molecule has 0 radical (unpaired) electrons. The molecule has 0 saturated carbocycles. The summed E-state index contributed by atoms with van der Waals surface area (Å²) in [4.78, 5) is 54.9. The number of benzene rings is 2. The number of thioether (sulfide) groups is 2. The first-order chi connectivity index (χ1) is 20.8. The third-order valence-corrected chi connectivity index (χ3v) is 10.2. The number of rotatable bonds is 9. The van der Waals surface area contributed by atoms with Crippen LogP contribution in [0.1, 0.15) is 22.0 Å². The summed E-state index contributed by atoms with van der Waals surface area (Å²) in [7, 11) is -2.71. The number of carboxylic acids is 1. The monoisotopic (exact) mass is 660 g/mol. The van der Waals surface area contributed by atoms with Gasteiger partial charge in [0, 0.05) is 18.6 Å². The molecule has 0 spiro atoms. The number of tetrazole rings is 1. The summed E-state index contributed by atoms with van der Waals surface area (Å²) >= 11 is 2.28. The van der Waals surface area contributed by atoms with Gasteiger partial charge in [0.05, 0.1) is 10.5 Å². The molecule has 3 aromatic rings. The Morgan fingerprint density at radius 2 is 1.91 bits per heavy atom. The summed E-state index contributed by atoms with van der Waals surface area (Å²) in [6.45, 7) is 0. The van der Waals surface area contributed by atoms with E-state index in [-0.39, 0.29) is 17.2 Å². The van der Waals surface area contributed by atoms with Crippen molar-refractivity contribution < 1.29 is 37.8 Å². The van der Waals surface area contributed by atoms with Crippen LogP contribution in [0.2, 0.25) is 0 Å². The molecule has 5 rings (SSSR count). The molecule has 19 heteroatoms. The summed E-state index contributed by atoms with van der Waals surface area (Å²) in [5.41, 5.74) is 6.01. The molecule has 0 aliphatic carbocycles. The van der Waals surface area contributed by atoms with Gasteiger partial charge < -0.3 is 15.9 Å². The lowest BCUT2D eigenvalue weighted by Gasteiger charge is -2.52. The summed E-state index contributed by atoms with van der Waals surface area (Å²) in [6.07, 6.45) is 0. The van der Waals surface area contributed by atoms with Crippen molar-refractivity contribution >= 4 is 57.2 Å². The van der Waals surface area contributed by atoms with Gasteiger partial charge in [0.25, 0.3) is 17.7 Å². The summed E-state index contributed by atoms with van der Waals surface area (Å²) in [6, 6.07) is 7.69. The van der Waals surface area contributed by atoms with Crippen molar-refractivity contribution in [1.82, 2.24) is 30.0 Å². The zero-order valence-corrected chi connectivity index (χ0v) is 25.1. The van der Waals surface area contributed by atoms with Gasteiger partial charge in [0.15, 0.2) is 0 Å². The van der Waals surface area contributed by atoms with Crippen molar-refractivity contribution in [2.24, 2.45) is 17.9 Å². The number of amides is 3. The van der Waals surface area contributed by atoms with Gasteiger partial charge in [-0.05, 0) is 39.8 Å². The molecule has 44 heavy (non-hydrogen) atoms. The number of nitrogens with zero attached hydrogens (tertiary/aromatic N) is 6. The molecule has 3 atom stereocenters. The van der Waals surface area contributed by atoms with Gasteiger partial charge >= 0.3 is 5.97 Å². The van der Waals surface area contributed by atoms with Gasteiger partial charge in [-0.15, -0.1) is 16.9 Å². The van der Waals surface area contributed by atoms with Crippen molar-refractivity contribution in [3.63, 3.8) is 0 Å². The van der Waals surface area contributed by atoms with E-state index in [0.29, 0.717) is 21.2 Å². The topological polar surface area (TPSA) is 245 Å². The van der Waals surface area contributed by atoms with Crippen LogP contribution in [0, 0.1) is 0 Å². The highest BCUT2D eigenvalue weighted by atomic mass is 32.2. The minimum Gasteiger partial charge on any atom is -0.507 e. The Bertz CT molecular complexity index is 1810. The number of sulfonamides is 1. The molecule has 230 valence electrons. The summed E-state index contributed by atoms with van der Waals surface area (Å²) in [5.74, 6) is -4.95. The number of carbonyl (C=O) groups is 4. The first-order valence-corrected chi connectivity index (χ1v) is 16.2. The maximum absolute atomic E-state index is 13.9. The van der Waals surface area contributed by atoms with E-state index < -0.39 is 67.4 Å². The summed E-state index contributed by atoms with van der Waals surface area (Å²) < 4.78 is 25.4. The minimum atomic E-state index is -4.33. The number of fused-ring (bicyclic) bond motifs is 1. The Labute approximate surface area is 258 Å². The highest BCUT2D eigenvalue weighted by molar-refractivity contribution is 8.01. The average molecular weight is 661 g/mol. The highest BCUT2D eigenvalue weighted by Crippen LogP contribution is 2.44. The molecule has 1 aromatic heterocycles. The van der Waals surface area contributed by atoms with Gasteiger partial charge in [0.2, 0.25) is 15.2 Å². The van der Waals surface area contributed by atoms with E-state index in [2.05, 4.69) is 15.5 Å². The number of hydrogen-bond donors (Lipinski definition) is 4. The fourth-order valence-electron chi connectivity index (χ4n) is 4.68. The zero-order chi connectivity index (χ0) is 31.9. The Balaban J connectivity index is 1.53. The number of aliphatic carboxylic acids is 1. The molecule has 16 nitrogen and oxygen atoms in total. The molecule has 2 aromatic carbocycles. The second kappa shape index (κ2) is 12.0. The van der Waals surface area contributed by atoms with E-state index in [9.17, 15) is 37.8 Å². The van der Waals surface area contributed by atoms with Crippen LogP contribution in [0.5, 0.6) is 5.75 Å². The number of β-lactam (4-membered cyclic amide) rings is 1. The van der Waals surface area contributed by atoms with Crippen molar-refractivity contribution in [1.29, 1.82) is 0 Å². The number of aryl methyl sites for hydroxylation is 1. The Morgan fingerprint density at radius 1 is 1.20 bits per heavy atom. The van der Waals surface area contributed by atoms with Crippen molar-refractivity contribution in [2.75, 3.05) is 11.5 Å². The van der Waals surface area contributed by atoms with Crippen molar-refractivity contribution in [3.8, 4) is 5.75 Å². The lowest BCUT2D eigenvalue weighted by atomic mass is 9.97. The first-order valence-electron chi connectivity index (χ1n) is 12.6. The van der Waals surface area contributed by atoms with Crippen LogP contribution in [0.25, 0.3) is 0 Å². The lowest BCUT2D eigenvalue weighted by molar-refractivity contribution is -0.157. The van der Waals surface area contributed by atoms with Crippen LogP contribution in [0.15, 0.2) is 69.9 Å². The highest BCUT2D eigenvalue weighted by Gasteiger charge is 2.59. The number of aromatic hydroxyl groups is 1. The quantitative estimate of drug-likeness (QED) is 0.169. The Hall–Kier alpha value is -4.30. The lowest BCUT2D eigenvalue weighted by Crippen LogP contribution is -2.72. The fourth-order valence-corrected chi connectivity index (χ4v) is 7.60. The third kappa shape index (κ3) is 5.66. The number of nitrogens with two attached hydrogens (primary N) is 2. The van der Waals surface area contributed by atoms with Crippen LogP contribution in [0.4, 0.5) is 0 Å². The number of carboxylic acid groups (broad SMARTS) is 1. The average Bonchev–Trinajstić information content (AvgIpc) is 3.41. The van der Waals surface area contributed by atoms with Crippen LogP contribution in [0.3, 0.4) is 0 Å². The second-order valence-electron chi connectivity index (χ2n) is 9.61. The smallest absolute Gasteiger partial charge is 0.352 e. The van der Waals surface area contributed by atoms with Gasteiger partial charge in [-0.25, -0.2) is 23.0 Å². The predicted molar refractivity (Wildman–Crippen MR) is 155 cm³/mol. The molecule has 0 bridgehead atoms. The third-order valence-electron chi connectivity index (χ3n) is 6.86. The van der Waals surface area contributed by atoms with Crippen LogP contribution in [-0.4, -0.2) is 95.3 Å². The van der Waals surface area contributed by atoms with Gasteiger partial charge in [0.1, 0.15) is 28.9 Å². The van der Waals surface area contributed by atoms with Gasteiger partial charge in [-0.3, -0.25) is 24.2 Å². The van der Waals surface area contributed by atoms with E-state index in [4.69, 9.17) is 10.9 Å². The number of hydrogen-bond acceptors (Lipinski definition) is 13. The normalized spacial score (nSPS) is 18.8. The molecule has 1 saturated heterocycles. The van der Waals surface area contributed by atoms with E-state index in [1.807, 2.05) is 0 Å². The van der Waals surface area contributed by atoms with Gasteiger partial charge in [-0.2, -0.15) is 0 Å². The maximum atomic E-state index is 13.9. The number of aromatic nitrogens is 4. The van der Waals surface area contributed by atoms with Crippen LogP contribution >= 0.6 is 23.5 Å². The predicted octanol–water partition coefficient (Wildman–Crippen LogP) is -0.353. The summed E-state index contributed by atoms with van der Waals surface area (Å²) in [5, 5.41) is 36.3. The number of imide groups is 1. The molecule has 1 unspecified atom stereocenters. The van der Waals surface area contributed by atoms with Crippen LogP contribution in [-0.2, 0) is 31.5 Å². The van der Waals surface area contributed by atoms with Crippen molar-refractivity contribution in [3.05, 3.63) is 70.9 Å². The molecule has 1 fully saturated rings. The van der Waals surface area contributed by atoms with Crippen LogP contribution < -0.4 is 10.9 Å².